The zero-order chi connectivity index (χ0) is 18.2. The van der Waals surface area contributed by atoms with Crippen molar-refractivity contribution in [2.45, 2.75) is 12.8 Å². The molecule has 0 aliphatic carbocycles. The summed E-state index contributed by atoms with van der Waals surface area (Å²) in [6.45, 7) is 0. The maximum absolute atomic E-state index is 11.8. The molecule has 0 radical (unpaired) electrons. The Morgan fingerprint density at radius 1 is 1.04 bits per heavy atom. The number of hydrazone groups is 1. The monoisotopic (exact) mass is 361 g/mol. The third-order valence-electron chi connectivity index (χ3n) is 3.11. The highest BCUT2D eigenvalue weighted by Gasteiger charge is 2.07. The SMILES string of the molecule is O=C(CCC(=O)Nc1ccc(Cl)cc1)N/N=C/c1ccc(O)cc1O. The molecular formula is C17H16ClN3O4. The quantitative estimate of drug-likeness (QED) is 0.468. The summed E-state index contributed by atoms with van der Waals surface area (Å²) in [5.74, 6) is -0.996. The number of nitrogens with one attached hydrogen (secondary N) is 2. The lowest BCUT2D eigenvalue weighted by Gasteiger charge is -2.05. The molecule has 0 atom stereocenters. The van der Waals surface area contributed by atoms with Crippen LogP contribution in [0.5, 0.6) is 11.5 Å². The van der Waals surface area contributed by atoms with Gasteiger partial charge in [-0.3, -0.25) is 9.59 Å². The van der Waals surface area contributed by atoms with Gasteiger partial charge in [0.2, 0.25) is 11.8 Å². The van der Waals surface area contributed by atoms with Crippen LogP contribution in [0.15, 0.2) is 47.6 Å². The van der Waals surface area contributed by atoms with Crippen molar-refractivity contribution in [3.05, 3.63) is 53.1 Å². The summed E-state index contributed by atoms with van der Waals surface area (Å²) in [6.07, 6.45) is 1.19. The Balaban J connectivity index is 1.75. The minimum atomic E-state index is -0.444. The number of nitrogens with zero attached hydrogens (tertiary/aromatic N) is 1. The number of hydrogen-bond donors (Lipinski definition) is 4. The molecule has 0 fully saturated rings. The highest BCUT2D eigenvalue weighted by atomic mass is 35.5. The first kappa shape index (κ1) is 18.3. The van der Waals surface area contributed by atoms with Crippen molar-refractivity contribution in [1.29, 1.82) is 0 Å². The third kappa shape index (κ3) is 6.15. The van der Waals surface area contributed by atoms with E-state index in [1.807, 2.05) is 0 Å². The van der Waals surface area contributed by atoms with E-state index in [4.69, 9.17) is 11.6 Å². The minimum absolute atomic E-state index is 0.00552. The number of aromatic hydroxyl groups is 2. The number of rotatable bonds is 6. The van der Waals surface area contributed by atoms with E-state index in [9.17, 15) is 19.8 Å². The number of phenolic OH excluding ortho intramolecular Hbond substituents is 2. The van der Waals surface area contributed by atoms with Crippen molar-refractivity contribution in [2.24, 2.45) is 5.10 Å². The van der Waals surface area contributed by atoms with Gasteiger partial charge in [-0.1, -0.05) is 11.6 Å². The Labute approximate surface area is 148 Å². The first-order valence-corrected chi connectivity index (χ1v) is 7.71. The largest absolute Gasteiger partial charge is 0.508 e. The zero-order valence-electron chi connectivity index (χ0n) is 13.1. The smallest absolute Gasteiger partial charge is 0.240 e. The maximum atomic E-state index is 11.8. The third-order valence-corrected chi connectivity index (χ3v) is 3.37. The van der Waals surface area contributed by atoms with E-state index in [2.05, 4.69) is 15.8 Å². The van der Waals surface area contributed by atoms with Crippen molar-refractivity contribution in [2.75, 3.05) is 5.32 Å². The van der Waals surface area contributed by atoms with Gasteiger partial charge in [-0.25, -0.2) is 5.43 Å². The standard InChI is InChI=1S/C17H16ClN3O4/c18-12-2-4-13(5-3-12)20-16(24)7-8-17(25)21-19-10-11-1-6-14(22)9-15(11)23/h1-6,9-10,22-23H,7-8H2,(H,20,24)(H,21,25)/b19-10+. The van der Waals surface area contributed by atoms with Crippen LogP contribution >= 0.6 is 11.6 Å². The molecule has 0 aliphatic rings. The number of benzene rings is 2. The van der Waals surface area contributed by atoms with Crippen LogP contribution in [0, 0.1) is 0 Å². The molecule has 0 unspecified atom stereocenters. The molecule has 0 bridgehead atoms. The number of anilines is 1. The summed E-state index contributed by atoms with van der Waals surface area (Å²) >= 11 is 5.75. The molecule has 130 valence electrons. The molecular weight excluding hydrogens is 346 g/mol. The van der Waals surface area contributed by atoms with Gasteiger partial charge >= 0.3 is 0 Å². The fraction of sp³-hybridized carbons (Fsp3) is 0.118. The van der Waals surface area contributed by atoms with Crippen LogP contribution in [-0.4, -0.2) is 28.2 Å². The van der Waals surface area contributed by atoms with Crippen LogP contribution in [0.25, 0.3) is 0 Å². The minimum Gasteiger partial charge on any atom is -0.508 e. The van der Waals surface area contributed by atoms with Crippen molar-refractivity contribution in [3.8, 4) is 11.5 Å². The van der Waals surface area contributed by atoms with Gasteiger partial charge in [0.25, 0.3) is 0 Å². The number of phenols is 2. The summed E-state index contributed by atoms with van der Waals surface area (Å²) in [5, 5.41) is 25.6. The molecule has 0 saturated carbocycles. The second-order valence-electron chi connectivity index (χ2n) is 5.09. The number of halogens is 1. The van der Waals surface area contributed by atoms with Gasteiger partial charge in [0, 0.05) is 35.2 Å². The Hall–Kier alpha value is -3.06. The number of carbonyl (C=O) groups is 2. The molecule has 0 saturated heterocycles. The Morgan fingerprint density at radius 2 is 1.72 bits per heavy atom. The number of hydrogen-bond acceptors (Lipinski definition) is 5. The van der Waals surface area contributed by atoms with Crippen LogP contribution in [0.2, 0.25) is 5.02 Å². The summed E-state index contributed by atoms with van der Waals surface area (Å²) in [5.41, 5.74) is 3.18. The first-order chi connectivity index (χ1) is 11.9. The zero-order valence-corrected chi connectivity index (χ0v) is 13.8. The van der Waals surface area contributed by atoms with Gasteiger partial charge in [-0.05, 0) is 36.4 Å². The van der Waals surface area contributed by atoms with Crippen molar-refractivity contribution in [1.82, 2.24) is 5.43 Å². The predicted molar refractivity (Wildman–Crippen MR) is 94.8 cm³/mol. The molecule has 2 rings (SSSR count). The van der Waals surface area contributed by atoms with Crippen LogP contribution in [-0.2, 0) is 9.59 Å². The molecule has 4 N–H and O–H groups in total. The lowest BCUT2D eigenvalue weighted by molar-refractivity contribution is -0.124. The lowest BCUT2D eigenvalue weighted by Crippen LogP contribution is -2.20. The highest BCUT2D eigenvalue weighted by Crippen LogP contribution is 2.20. The lowest BCUT2D eigenvalue weighted by atomic mass is 10.2. The number of amides is 2. The molecule has 0 aromatic heterocycles. The van der Waals surface area contributed by atoms with E-state index >= 15 is 0 Å². The molecule has 7 nitrogen and oxygen atoms in total. The maximum Gasteiger partial charge on any atom is 0.240 e. The first-order valence-electron chi connectivity index (χ1n) is 7.33. The van der Waals surface area contributed by atoms with Crippen LogP contribution in [0.3, 0.4) is 0 Å². The van der Waals surface area contributed by atoms with Crippen LogP contribution in [0.4, 0.5) is 5.69 Å². The highest BCUT2D eigenvalue weighted by molar-refractivity contribution is 6.30. The molecule has 0 heterocycles. The molecule has 8 heteroatoms. The Kier molecular flexibility index (Phi) is 6.36. The Morgan fingerprint density at radius 3 is 2.40 bits per heavy atom. The molecule has 0 aliphatic heterocycles. The van der Waals surface area contributed by atoms with E-state index < -0.39 is 5.91 Å². The van der Waals surface area contributed by atoms with Gasteiger partial charge in [-0.15, -0.1) is 0 Å². The summed E-state index contributed by atoms with van der Waals surface area (Å²) in [6, 6.07) is 10.6. The second kappa shape index (κ2) is 8.70. The van der Waals surface area contributed by atoms with E-state index in [0.717, 1.165) is 6.07 Å². The normalized spacial score (nSPS) is 10.6. The summed E-state index contributed by atoms with van der Waals surface area (Å²) in [4.78, 5) is 23.4. The van der Waals surface area contributed by atoms with Crippen molar-refractivity contribution >= 4 is 35.3 Å². The van der Waals surface area contributed by atoms with Crippen LogP contribution in [0.1, 0.15) is 18.4 Å². The molecule has 0 spiro atoms. The Bertz CT molecular complexity index is 791. The van der Waals surface area contributed by atoms with Gasteiger partial charge < -0.3 is 15.5 Å². The van der Waals surface area contributed by atoms with E-state index in [0.29, 0.717) is 16.3 Å². The van der Waals surface area contributed by atoms with Crippen molar-refractivity contribution < 1.29 is 19.8 Å². The van der Waals surface area contributed by atoms with Gasteiger partial charge in [0.05, 0.1) is 6.21 Å². The van der Waals surface area contributed by atoms with E-state index in [-0.39, 0.29) is 30.2 Å². The summed E-state index contributed by atoms with van der Waals surface area (Å²) in [7, 11) is 0. The average molecular weight is 362 g/mol. The molecule has 2 amide bonds. The number of carbonyl (C=O) groups excluding carboxylic acids is 2. The average Bonchev–Trinajstić information content (AvgIpc) is 2.57. The second-order valence-corrected chi connectivity index (χ2v) is 5.53. The fourth-order valence-electron chi connectivity index (χ4n) is 1.85. The molecule has 2 aromatic rings. The topological polar surface area (TPSA) is 111 Å². The van der Waals surface area contributed by atoms with E-state index in [1.165, 1.54) is 18.3 Å². The van der Waals surface area contributed by atoms with Gasteiger partial charge in [-0.2, -0.15) is 5.10 Å². The summed E-state index contributed by atoms with van der Waals surface area (Å²) < 4.78 is 0. The van der Waals surface area contributed by atoms with Gasteiger partial charge in [0.1, 0.15) is 11.5 Å². The predicted octanol–water partition coefficient (Wildman–Crippen LogP) is 2.62. The molecule has 25 heavy (non-hydrogen) atoms. The van der Waals surface area contributed by atoms with Crippen molar-refractivity contribution in [3.63, 3.8) is 0 Å². The van der Waals surface area contributed by atoms with E-state index in [1.54, 1.807) is 24.3 Å². The fourth-order valence-corrected chi connectivity index (χ4v) is 1.98. The van der Waals surface area contributed by atoms with Gasteiger partial charge in [0.15, 0.2) is 0 Å². The van der Waals surface area contributed by atoms with Crippen LogP contribution < -0.4 is 10.7 Å². The molecule has 2 aromatic carbocycles.